The van der Waals surface area contributed by atoms with Crippen molar-refractivity contribution >= 4 is 11.7 Å². The van der Waals surface area contributed by atoms with E-state index in [0.29, 0.717) is 24.8 Å². The van der Waals surface area contributed by atoms with Crippen LogP contribution in [0.1, 0.15) is 64.2 Å². The molecule has 162 valence electrons. The highest BCUT2D eigenvalue weighted by atomic mass is 16.2. The third-order valence-corrected chi connectivity index (χ3v) is 8.78. The number of ketones is 1. The number of rotatable bonds is 5. The molecule has 0 spiro atoms. The van der Waals surface area contributed by atoms with Crippen molar-refractivity contribution in [2.75, 3.05) is 52.4 Å². The number of carbonyl (C=O) groups excluding carboxylic acids is 2. The van der Waals surface area contributed by atoms with Gasteiger partial charge in [0, 0.05) is 44.7 Å². The highest BCUT2D eigenvalue weighted by Crippen LogP contribution is 2.60. The lowest BCUT2D eigenvalue weighted by Gasteiger charge is -2.56. The van der Waals surface area contributed by atoms with Crippen LogP contribution in [-0.2, 0) is 9.59 Å². The van der Waals surface area contributed by atoms with Gasteiger partial charge in [0.25, 0.3) is 0 Å². The number of nitrogens with zero attached hydrogens (tertiary/aromatic N) is 3. The summed E-state index contributed by atoms with van der Waals surface area (Å²) < 4.78 is 0. The molecule has 0 aromatic carbocycles. The van der Waals surface area contributed by atoms with E-state index in [-0.39, 0.29) is 5.41 Å². The van der Waals surface area contributed by atoms with E-state index in [1.807, 2.05) is 0 Å². The van der Waals surface area contributed by atoms with Crippen molar-refractivity contribution in [2.45, 2.75) is 64.2 Å². The molecule has 4 saturated carbocycles. The Bertz CT molecular complexity index is 582. The molecule has 0 N–H and O–H groups in total. The van der Waals surface area contributed by atoms with E-state index in [9.17, 15) is 9.59 Å². The van der Waals surface area contributed by atoms with Gasteiger partial charge in [0.15, 0.2) is 5.78 Å². The predicted molar refractivity (Wildman–Crippen MR) is 114 cm³/mol. The van der Waals surface area contributed by atoms with Crippen molar-refractivity contribution in [1.29, 1.82) is 0 Å². The van der Waals surface area contributed by atoms with E-state index in [1.54, 1.807) is 0 Å². The fourth-order valence-electron chi connectivity index (χ4n) is 7.54. The normalized spacial score (nSPS) is 38.2. The number of Topliss-reactive ketones (excluding diaryl/α,β-unsaturated/α-hetero) is 1. The van der Waals surface area contributed by atoms with Gasteiger partial charge in [0.2, 0.25) is 5.91 Å². The zero-order chi connectivity index (χ0) is 19.8. The first-order valence-corrected chi connectivity index (χ1v) is 12.4. The highest BCUT2D eigenvalue weighted by molar-refractivity contribution is 5.87. The minimum Gasteiger partial charge on any atom is -0.342 e. The Morgan fingerprint density at radius 2 is 1.14 bits per heavy atom. The number of likely N-dealkylation sites (tertiary alicyclic amines) is 1. The van der Waals surface area contributed by atoms with Gasteiger partial charge in [-0.15, -0.1) is 0 Å². The third-order valence-electron chi connectivity index (χ3n) is 8.78. The molecule has 6 fully saturated rings. The quantitative estimate of drug-likeness (QED) is 0.711. The van der Waals surface area contributed by atoms with E-state index >= 15 is 0 Å². The van der Waals surface area contributed by atoms with E-state index in [0.717, 1.165) is 69.9 Å². The Morgan fingerprint density at radius 3 is 1.66 bits per heavy atom. The molecule has 2 aliphatic heterocycles. The molecule has 6 aliphatic rings. The van der Waals surface area contributed by atoms with Crippen LogP contribution in [0.15, 0.2) is 0 Å². The largest absolute Gasteiger partial charge is 0.342 e. The minimum atomic E-state index is 0.0363. The van der Waals surface area contributed by atoms with Crippen LogP contribution in [0, 0.1) is 23.2 Å². The third kappa shape index (κ3) is 4.27. The standard InChI is InChI=1S/C24H39N3O2/c28-22(24-14-19-11-20(15-24)13-21(12-19)16-24)17-25-7-9-26(10-8-25)18-23(29)27-5-3-1-2-4-6-27/h19-21H,1-18H2. The number of hydrogen-bond acceptors (Lipinski definition) is 4. The van der Waals surface area contributed by atoms with Gasteiger partial charge in [-0.3, -0.25) is 19.4 Å². The topological polar surface area (TPSA) is 43.9 Å². The molecule has 0 aromatic heterocycles. The van der Waals surface area contributed by atoms with Gasteiger partial charge < -0.3 is 4.90 Å². The second-order valence-corrected chi connectivity index (χ2v) is 11.0. The smallest absolute Gasteiger partial charge is 0.236 e. The van der Waals surface area contributed by atoms with Gasteiger partial charge >= 0.3 is 0 Å². The molecule has 0 unspecified atom stereocenters. The molecule has 0 radical (unpaired) electrons. The summed E-state index contributed by atoms with van der Waals surface area (Å²) in [4.78, 5) is 32.8. The molecular weight excluding hydrogens is 362 g/mol. The predicted octanol–water partition coefficient (Wildman–Crippen LogP) is 2.79. The maximum absolute atomic E-state index is 13.3. The van der Waals surface area contributed by atoms with Gasteiger partial charge in [0.05, 0.1) is 13.1 Å². The molecule has 4 aliphatic carbocycles. The summed E-state index contributed by atoms with van der Waals surface area (Å²) in [6.45, 7) is 6.83. The SMILES string of the molecule is O=C(CN1CCN(CC(=O)C23CC4CC(CC(C4)C2)C3)CC1)N1CCCCCC1. The average molecular weight is 402 g/mol. The Morgan fingerprint density at radius 1 is 0.655 bits per heavy atom. The van der Waals surface area contributed by atoms with Crippen molar-refractivity contribution in [2.24, 2.45) is 23.2 Å². The highest BCUT2D eigenvalue weighted by Gasteiger charge is 2.54. The van der Waals surface area contributed by atoms with Crippen LogP contribution in [0.3, 0.4) is 0 Å². The molecule has 5 nitrogen and oxygen atoms in total. The van der Waals surface area contributed by atoms with Crippen molar-refractivity contribution in [3.63, 3.8) is 0 Å². The summed E-state index contributed by atoms with van der Waals surface area (Å²) in [6, 6.07) is 0. The average Bonchev–Trinajstić information content (AvgIpc) is 2.98. The zero-order valence-electron chi connectivity index (χ0n) is 18.1. The molecule has 2 heterocycles. The Hall–Kier alpha value is -0.940. The van der Waals surface area contributed by atoms with Crippen LogP contribution in [0.4, 0.5) is 0 Å². The summed E-state index contributed by atoms with van der Waals surface area (Å²) in [5.41, 5.74) is 0.0363. The van der Waals surface area contributed by atoms with Gasteiger partial charge in [-0.2, -0.15) is 0 Å². The van der Waals surface area contributed by atoms with Crippen molar-refractivity contribution in [3.8, 4) is 0 Å². The lowest BCUT2D eigenvalue weighted by atomic mass is 9.48. The van der Waals surface area contributed by atoms with Gasteiger partial charge in [0.1, 0.15) is 0 Å². The second kappa shape index (κ2) is 8.30. The first-order valence-electron chi connectivity index (χ1n) is 12.4. The fourth-order valence-corrected chi connectivity index (χ4v) is 7.54. The van der Waals surface area contributed by atoms with Crippen molar-refractivity contribution in [1.82, 2.24) is 14.7 Å². The van der Waals surface area contributed by atoms with Gasteiger partial charge in [-0.05, 0) is 69.1 Å². The first-order chi connectivity index (χ1) is 14.1. The lowest BCUT2D eigenvalue weighted by Crippen LogP contribution is -2.55. The Balaban J connectivity index is 1.09. The minimum absolute atomic E-state index is 0.0363. The van der Waals surface area contributed by atoms with E-state index < -0.39 is 0 Å². The molecule has 2 saturated heterocycles. The van der Waals surface area contributed by atoms with Crippen LogP contribution >= 0.6 is 0 Å². The maximum Gasteiger partial charge on any atom is 0.236 e. The lowest BCUT2D eigenvalue weighted by molar-refractivity contribution is -0.145. The molecule has 1 amide bonds. The van der Waals surface area contributed by atoms with E-state index in [4.69, 9.17) is 0 Å². The number of hydrogen-bond donors (Lipinski definition) is 0. The van der Waals surface area contributed by atoms with Crippen molar-refractivity contribution < 1.29 is 9.59 Å². The monoisotopic (exact) mass is 401 g/mol. The Kier molecular flexibility index (Phi) is 5.72. The molecule has 6 rings (SSSR count). The molecule has 0 atom stereocenters. The summed E-state index contributed by atoms with van der Waals surface area (Å²) in [7, 11) is 0. The van der Waals surface area contributed by atoms with E-state index in [1.165, 1.54) is 51.4 Å². The Labute approximate surface area is 176 Å². The zero-order valence-corrected chi connectivity index (χ0v) is 18.1. The number of carbonyl (C=O) groups is 2. The molecule has 4 bridgehead atoms. The molecule has 5 heteroatoms. The van der Waals surface area contributed by atoms with Crippen LogP contribution in [0.5, 0.6) is 0 Å². The summed E-state index contributed by atoms with van der Waals surface area (Å²) in [6.07, 6.45) is 12.6. The maximum atomic E-state index is 13.3. The van der Waals surface area contributed by atoms with Crippen LogP contribution in [0.2, 0.25) is 0 Å². The summed E-state index contributed by atoms with van der Waals surface area (Å²) >= 11 is 0. The van der Waals surface area contributed by atoms with E-state index in [2.05, 4.69) is 14.7 Å². The molecular formula is C24H39N3O2. The molecule has 0 aromatic rings. The fraction of sp³-hybridized carbons (Fsp3) is 0.917. The van der Waals surface area contributed by atoms with Crippen molar-refractivity contribution in [3.05, 3.63) is 0 Å². The van der Waals surface area contributed by atoms with Crippen LogP contribution < -0.4 is 0 Å². The van der Waals surface area contributed by atoms with Gasteiger partial charge in [-0.1, -0.05) is 12.8 Å². The summed E-state index contributed by atoms with van der Waals surface area (Å²) in [5, 5.41) is 0. The molecule has 29 heavy (non-hydrogen) atoms. The first kappa shape index (κ1) is 20.0. The number of piperazine rings is 1. The number of amides is 1. The summed E-state index contributed by atoms with van der Waals surface area (Å²) in [5.74, 6) is 3.38. The second-order valence-electron chi connectivity index (χ2n) is 11.0. The van der Waals surface area contributed by atoms with Gasteiger partial charge in [-0.25, -0.2) is 0 Å². The van der Waals surface area contributed by atoms with Crippen LogP contribution in [0.25, 0.3) is 0 Å². The van der Waals surface area contributed by atoms with Crippen LogP contribution in [-0.4, -0.2) is 78.7 Å².